The molecule has 0 spiro atoms. The van der Waals surface area contributed by atoms with Crippen molar-refractivity contribution < 1.29 is 4.79 Å². The largest absolute Gasteiger partial charge is 0.342 e. The third-order valence-corrected chi connectivity index (χ3v) is 4.13. The first-order valence-electron chi connectivity index (χ1n) is 6.37. The van der Waals surface area contributed by atoms with E-state index in [1.807, 2.05) is 0 Å². The van der Waals surface area contributed by atoms with Gasteiger partial charge in [-0.15, -0.1) is 0 Å². The van der Waals surface area contributed by atoms with Crippen LogP contribution >= 0.6 is 0 Å². The molecule has 0 radical (unpaired) electrons. The predicted molar refractivity (Wildman–Crippen MR) is 58.4 cm³/mol. The highest BCUT2D eigenvalue weighted by Crippen LogP contribution is 2.33. The molecular formula is C12H20N2O. The molecule has 3 fully saturated rings. The van der Waals surface area contributed by atoms with E-state index in [4.69, 9.17) is 0 Å². The number of piperidine rings is 2. The Morgan fingerprint density at radius 1 is 1.20 bits per heavy atom. The van der Waals surface area contributed by atoms with Crippen LogP contribution in [-0.4, -0.2) is 36.5 Å². The van der Waals surface area contributed by atoms with Gasteiger partial charge < -0.3 is 10.2 Å². The molecule has 15 heavy (non-hydrogen) atoms. The molecule has 0 unspecified atom stereocenters. The normalized spacial score (nSPS) is 36.1. The quantitative estimate of drug-likeness (QED) is 0.697. The number of rotatable bonds is 1. The van der Waals surface area contributed by atoms with Crippen molar-refractivity contribution in [3.05, 3.63) is 0 Å². The number of carbonyl (C=O) groups excluding carboxylic acids is 1. The first-order valence-corrected chi connectivity index (χ1v) is 6.37. The standard InChI is InChI=1S/C12H20N2O/c15-12(9-3-4-9)14-7-5-11-10(8-14)2-1-6-13-11/h9-11,13H,1-8H2/t10-,11+/m0/s1. The summed E-state index contributed by atoms with van der Waals surface area (Å²) in [6.07, 6.45) is 6.05. The SMILES string of the molecule is O=C(C1CC1)N1CC[C@H]2NCCC[C@H]2C1. The fourth-order valence-electron chi connectivity index (χ4n) is 3.03. The van der Waals surface area contributed by atoms with E-state index in [9.17, 15) is 4.79 Å². The van der Waals surface area contributed by atoms with E-state index in [1.54, 1.807) is 0 Å². The Labute approximate surface area is 91.2 Å². The zero-order chi connectivity index (χ0) is 10.3. The van der Waals surface area contributed by atoms with E-state index in [0.29, 0.717) is 17.9 Å². The van der Waals surface area contributed by atoms with Crippen LogP contribution in [0.3, 0.4) is 0 Å². The maximum atomic E-state index is 11.9. The summed E-state index contributed by atoms with van der Waals surface area (Å²) in [5.74, 6) is 1.58. The van der Waals surface area contributed by atoms with E-state index in [-0.39, 0.29) is 0 Å². The van der Waals surface area contributed by atoms with Crippen molar-refractivity contribution in [2.75, 3.05) is 19.6 Å². The Morgan fingerprint density at radius 3 is 2.87 bits per heavy atom. The Bertz CT molecular complexity index is 262. The van der Waals surface area contributed by atoms with Gasteiger partial charge in [-0.3, -0.25) is 4.79 Å². The van der Waals surface area contributed by atoms with Gasteiger partial charge in [0.25, 0.3) is 0 Å². The second-order valence-corrected chi connectivity index (χ2v) is 5.31. The summed E-state index contributed by atoms with van der Waals surface area (Å²) in [6.45, 7) is 3.19. The number of nitrogens with zero attached hydrogens (tertiary/aromatic N) is 1. The maximum absolute atomic E-state index is 11.9. The van der Waals surface area contributed by atoms with Crippen molar-refractivity contribution in [2.24, 2.45) is 11.8 Å². The Hall–Kier alpha value is -0.570. The summed E-state index contributed by atoms with van der Waals surface area (Å²) in [4.78, 5) is 14.1. The van der Waals surface area contributed by atoms with Gasteiger partial charge in [0.1, 0.15) is 0 Å². The smallest absolute Gasteiger partial charge is 0.225 e. The Kier molecular flexibility index (Phi) is 2.43. The number of amides is 1. The third-order valence-electron chi connectivity index (χ3n) is 4.13. The summed E-state index contributed by atoms with van der Waals surface area (Å²) < 4.78 is 0. The highest BCUT2D eigenvalue weighted by Gasteiger charge is 2.38. The van der Waals surface area contributed by atoms with Crippen LogP contribution in [0.1, 0.15) is 32.1 Å². The maximum Gasteiger partial charge on any atom is 0.225 e. The number of hydrogen-bond donors (Lipinski definition) is 1. The molecule has 0 aromatic rings. The lowest BCUT2D eigenvalue weighted by Gasteiger charge is -2.41. The zero-order valence-electron chi connectivity index (χ0n) is 9.24. The third kappa shape index (κ3) is 1.89. The second kappa shape index (κ2) is 3.78. The van der Waals surface area contributed by atoms with Gasteiger partial charge >= 0.3 is 0 Å². The Balaban J connectivity index is 1.61. The van der Waals surface area contributed by atoms with Crippen molar-refractivity contribution in [1.82, 2.24) is 10.2 Å². The first-order chi connectivity index (χ1) is 7.34. The molecule has 3 rings (SSSR count). The summed E-state index contributed by atoms with van der Waals surface area (Å²) in [5, 5.41) is 3.59. The highest BCUT2D eigenvalue weighted by atomic mass is 16.2. The van der Waals surface area contributed by atoms with E-state index in [1.165, 1.54) is 25.8 Å². The minimum atomic E-state index is 0.401. The lowest BCUT2D eigenvalue weighted by atomic mass is 9.85. The van der Waals surface area contributed by atoms with Crippen LogP contribution in [0.4, 0.5) is 0 Å². The van der Waals surface area contributed by atoms with Gasteiger partial charge in [-0.25, -0.2) is 0 Å². The van der Waals surface area contributed by atoms with Crippen LogP contribution in [0.2, 0.25) is 0 Å². The molecule has 0 aromatic heterocycles. The molecule has 2 heterocycles. The predicted octanol–water partition coefficient (Wildman–Crippen LogP) is 0.997. The number of nitrogens with one attached hydrogen (secondary N) is 1. The summed E-state index contributed by atoms with van der Waals surface area (Å²) >= 11 is 0. The van der Waals surface area contributed by atoms with Gasteiger partial charge in [0, 0.05) is 25.0 Å². The van der Waals surface area contributed by atoms with E-state index < -0.39 is 0 Å². The molecule has 1 amide bonds. The molecule has 2 aliphatic heterocycles. The highest BCUT2D eigenvalue weighted by molar-refractivity contribution is 5.81. The lowest BCUT2D eigenvalue weighted by Crippen LogP contribution is -2.53. The first kappa shape index (κ1) is 9.64. The van der Waals surface area contributed by atoms with E-state index >= 15 is 0 Å². The number of likely N-dealkylation sites (tertiary alicyclic amines) is 1. The molecule has 3 heteroatoms. The summed E-state index contributed by atoms with van der Waals surface area (Å²) in [7, 11) is 0. The number of fused-ring (bicyclic) bond motifs is 1. The van der Waals surface area contributed by atoms with Gasteiger partial charge in [-0.05, 0) is 44.6 Å². The van der Waals surface area contributed by atoms with Gasteiger partial charge in [-0.1, -0.05) is 0 Å². The van der Waals surface area contributed by atoms with Crippen LogP contribution in [0, 0.1) is 11.8 Å². The molecule has 1 saturated carbocycles. The molecule has 0 aromatic carbocycles. The van der Waals surface area contributed by atoms with Crippen LogP contribution < -0.4 is 5.32 Å². The van der Waals surface area contributed by atoms with Gasteiger partial charge in [0.15, 0.2) is 0 Å². The van der Waals surface area contributed by atoms with Crippen molar-refractivity contribution in [3.8, 4) is 0 Å². The van der Waals surface area contributed by atoms with Crippen molar-refractivity contribution in [3.63, 3.8) is 0 Å². The molecule has 2 saturated heterocycles. The van der Waals surface area contributed by atoms with E-state index in [0.717, 1.165) is 31.8 Å². The lowest BCUT2D eigenvalue weighted by molar-refractivity contribution is -0.135. The number of hydrogen-bond acceptors (Lipinski definition) is 2. The number of carbonyl (C=O) groups is 1. The van der Waals surface area contributed by atoms with Gasteiger partial charge in [0.2, 0.25) is 5.91 Å². The van der Waals surface area contributed by atoms with Crippen molar-refractivity contribution in [1.29, 1.82) is 0 Å². The topological polar surface area (TPSA) is 32.3 Å². The average Bonchev–Trinajstić information content (AvgIpc) is 3.11. The van der Waals surface area contributed by atoms with Crippen LogP contribution in [0.25, 0.3) is 0 Å². The average molecular weight is 208 g/mol. The van der Waals surface area contributed by atoms with Crippen LogP contribution in [0.5, 0.6) is 0 Å². The van der Waals surface area contributed by atoms with Crippen molar-refractivity contribution >= 4 is 5.91 Å². The Morgan fingerprint density at radius 2 is 2.07 bits per heavy atom. The molecule has 3 nitrogen and oxygen atoms in total. The molecule has 1 N–H and O–H groups in total. The second-order valence-electron chi connectivity index (χ2n) is 5.31. The van der Waals surface area contributed by atoms with Crippen LogP contribution in [0.15, 0.2) is 0 Å². The van der Waals surface area contributed by atoms with Crippen molar-refractivity contribution in [2.45, 2.75) is 38.1 Å². The minimum Gasteiger partial charge on any atom is -0.342 e. The fraction of sp³-hybridized carbons (Fsp3) is 0.917. The molecule has 0 bridgehead atoms. The summed E-state index contributed by atoms with van der Waals surface area (Å²) in [6, 6.07) is 0.696. The molecule has 1 aliphatic carbocycles. The zero-order valence-corrected chi connectivity index (χ0v) is 9.24. The van der Waals surface area contributed by atoms with Gasteiger partial charge in [0.05, 0.1) is 0 Å². The minimum absolute atomic E-state index is 0.401. The monoisotopic (exact) mass is 208 g/mol. The summed E-state index contributed by atoms with van der Waals surface area (Å²) in [5.41, 5.74) is 0. The van der Waals surface area contributed by atoms with Crippen LogP contribution in [-0.2, 0) is 4.79 Å². The van der Waals surface area contributed by atoms with Gasteiger partial charge in [-0.2, -0.15) is 0 Å². The fourth-order valence-corrected chi connectivity index (χ4v) is 3.03. The van der Waals surface area contributed by atoms with E-state index in [2.05, 4.69) is 10.2 Å². The molecule has 2 atom stereocenters. The molecule has 3 aliphatic rings. The molecule has 84 valence electrons. The molecular weight excluding hydrogens is 188 g/mol.